The van der Waals surface area contributed by atoms with E-state index in [1.165, 1.54) is 18.3 Å². The molecule has 10 heteroatoms. The van der Waals surface area contributed by atoms with E-state index in [1.54, 1.807) is 19.1 Å². The summed E-state index contributed by atoms with van der Waals surface area (Å²) in [5.41, 5.74) is 0.704. The number of fused-ring (bicyclic) bond motifs is 1. The molecule has 0 N–H and O–H groups in total. The van der Waals surface area contributed by atoms with E-state index < -0.39 is 26.5 Å². The molecule has 0 aliphatic heterocycles. The fourth-order valence-electron chi connectivity index (χ4n) is 4.45. The quantitative estimate of drug-likeness (QED) is 0.182. The van der Waals surface area contributed by atoms with Crippen LogP contribution in [-0.2, 0) is 16.4 Å². The fourth-order valence-corrected chi connectivity index (χ4v) is 5.91. The molecule has 1 unspecified atom stereocenters. The van der Waals surface area contributed by atoms with Crippen LogP contribution in [-0.4, -0.2) is 31.1 Å². The summed E-state index contributed by atoms with van der Waals surface area (Å²) < 4.78 is 56.5. The number of ether oxygens (including phenoxy) is 1. The third-order valence-electron chi connectivity index (χ3n) is 8.37. The first kappa shape index (κ1) is 32.5. The van der Waals surface area contributed by atoms with Gasteiger partial charge in [0.2, 0.25) is 0 Å². The van der Waals surface area contributed by atoms with Crippen LogP contribution < -0.4 is 4.74 Å². The molecule has 4 rings (SSSR count). The Morgan fingerprint density at radius 2 is 1.67 bits per heavy atom. The Balaban J connectivity index is 1.81. The zero-order chi connectivity index (χ0) is 31.8. The minimum Gasteiger partial charge on any atom is -0.488 e. The molecule has 4 aromatic rings. The molecule has 2 aromatic carbocycles. The van der Waals surface area contributed by atoms with Crippen LogP contribution in [0.4, 0.5) is 13.2 Å². The van der Waals surface area contributed by atoms with Gasteiger partial charge in [0, 0.05) is 22.8 Å². The molecule has 0 radical (unpaired) electrons. The molecule has 0 bridgehead atoms. The number of nitriles is 1. The molecule has 0 aliphatic rings. The molecule has 0 spiro atoms. The van der Waals surface area contributed by atoms with Crippen molar-refractivity contribution in [3.63, 3.8) is 0 Å². The minimum atomic E-state index is -4.62. The summed E-state index contributed by atoms with van der Waals surface area (Å²) in [4.78, 5) is 8.91. The summed E-state index contributed by atoms with van der Waals surface area (Å²) in [6, 6.07) is 18.0. The summed E-state index contributed by atoms with van der Waals surface area (Å²) in [7, 11) is -2.49. The van der Waals surface area contributed by atoms with E-state index in [0.717, 1.165) is 12.5 Å². The van der Waals surface area contributed by atoms with Crippen molar-refractivity contribution < 1.29 is 22.3 Å². The van der Waals surface area contributed by atoms with Gasteiger partial charge >= 0.3 is 6.18 Å². The highest BCUT2D eigenvalue weighted by Crippen LogP contribution is 2.47. The molecule has 226 valence electrons. The lowest BCUT2D eigenvalue weighted by Crippen LogP contribution is -2.49. The van der Waals surface area contributed by atoms with Gasteiger partial charge in [-0.1, -0.05) is 68.8 Å². The van der Waals surface area contributed by atoms with Crippen LogP contribution in [0.3, 0.4) is 0 Å². The number of aromatic nitrogens is 2. The normalized spacial score (nSPS) is 13.9. The molecule has 2 heterocycles. The van der Waals surface area contributed by atoms with Crippen molar-refractivity contribution in [2.24, 2.45) is 0 Å². The number of rotatable bonds is 8. The Bertz CT molecular complexity index is 1680. The summed E-state index contributed by atoms with van der Waals surface area (Å²) in [6.45, 7) is 12.4. The molecule has 0 amide bonds. The summed E-state index contributed by atoms with van der Waals surface area (Å²) in [5.74, 6) is 0.385. The monoisotopic (exact) mass is 625 g/mol. The molecule has 43 heavy (non-hydrogen) atoms. The second kappa shape index (κ2) is 11.9. The van der Waals surface area contributed by atoms with E-state index >= 15 is 0 Å². The van der Waals surface area contributed by atoms with Gasteiger partial charge in [0.1, 0.15) is 23.8 Å². The molecule has 0 aliphatic carbocycles. The van der Waals surface area contributed by atoms with Gasteiger partial charge in [-0.05, 0) is 60.8 Å². The lowest BCUT2D eigenvalue weighted by Gasteiger charge is -2.41. The summed E-state index contributed by atoms with van der Waals surface area (Å²) in [5, 5.41) is 9.87. The maximum Gasteiger partial charge on any atom is 0.400 e. The third-order valence-corrected chi connectivity index (χ3v) is 13.2. The van der Waals surface area contributed by atoms with Gasteiger partial charge in [-0.3, -0.25) is 0 Å². The van der Waals surface area contributed by atoms with Crippen LogP contribution >= 0.6 is 11.6 Å². The van der Waals surface area contributed by atoms with Gasteiger partial charge in [-0.15, -0.1) is 0 Å². The number of pyridine rings is 2. The first-order valence-corrected chi connectivity index (χ1v) is 17.2. The smallest absolute Gasteiger partial charge is 0.400 e. The van der Waals surface area contributed by atoms with Crippen LogP contribution in [0, 0.1) is 18.3 Å². The van der Waals surface area contributed by atoms with E-state index in [2.05, 4.69) is 11.1 Å². The van der Waals surface area contributed by atoms with Crippen LogP contribution in [0.2, 0.25) is 23.2 Å². The average Bonchev–Trinajstić information content (AvgIpc) is 2.94. The highest BCUT2D eigenvalue weighted by atomic mass is 35.5. The van der Waals surface area contributed by atoms with Crippen LogP contribution in [0.5, 0.6) is 5.75 Å². The van der Waals surface area contributed by atoms with E-state index in [1.807, 2.05) is 64.2 Å². The van der Waals surface area contributed by atoms with Gasteiger partial charge < -0.3 is 9.16 Å². The molecule has 0 saturated heterocycles. The number of aryl methyl sites for hydroxylation is 1. The van der Waals surface area contributed by atoms with E-state index in [0.29, 0.717) is 33.5 Å². The number of benzene rings is 2. The van der Waals surface area contributed by atoms with Crippen molar-refractivity contribution in [2.75, 3.05) is 6.61 Å². The van der Waals surface area contributed by atoms with Crippen molar-refractivity contribution in [3.8, 4) is 23.1 Å². The van der Waals surface area contributed by atoms with Crippen molar-refractivity contribution in [1.82, 2.24) is 9.97 Å². The van der Waals surface area contributed by atoms with Crippen LogP contribution in [0.1, 0.15) is 50.1 Å². The second-order valence-corrected chi connectivity index (χ2v) is 17.7. The van der Waals surface area contributed by atoms with Crippen molar-refractivity contribution >= 4 is 30.8 Å². The predicted molar refractivity (Wildman–Crippen MR) is 167 cm³/mol. The maximum atomic E-state index is 14.7. The SMILES string of the molecule is Cc1cc(C(C)(CO[Si](C)(C)C(C)(C)C)C(F)(F)F)c(Cl)cc1-c1cc(OCc2ccccc2)c2c(C#N)nccc2n1. The second-order valence-electron chi connectivity index (χ2n) is 12.5. The number of nitrogens with zero attached hydrogens (tertiary/aromatic N) is 3. The highest BCUT2D eigenvalue weighted by Gasteiger charge is 2.55. The van der Waals surface area contributed by atoms with Crippen molar-refractivity contribution in [3.05, 3.63) is 88.2 Å². The Morgan fingerprint density at radius 3 is 2.28 bits per heavy atom. The van der Waals surface area contributed by atoms with E-state index in [-0.39, 0.29) is 27.9 Å². The Hall–Kier alpha value is -3.45. The van der Waals surface area contributed by atoms with E-state index in [4.69, 9.17) is 25.7 Å². The standard InChI is InChI=1S/C33H35ClF3N3O2Si/c1-21-15-24(32(5,33(35,36)37)20-42-43(6,7)31(2,3)4)25(34)16-23(21)27-17-29(41-19-22-11-9-8-10-12-22)30-26(40-27)13-14-39-28(30)18-38/h8-17H,19-20H2,1-7H3. The number of alkyl halides is 3. The van der Waals surface area contributed by atoms with Gasteiger partial charge in [-0.25, -0.2) is 9.97 Å². The fraction of sp³-hybridized carbons (Fsp3) is 0.364. The van der Waals surface area contributed by atoms with Crippen molar-refractivity contribution in [1.29, 1.82) is 5.26 Å². The number of halogens is 4. The molecule has 0 fully saturated rings. The maximum absolute atomic E-state index is 14.7. The van der Waals surface area contributed by atoms with Crippen LogP contribution in [0.25, 0.3) is 22.2 Å². The lowest BCUT2D eigenvalue weighted by molar-refractivity contribution is -0.194. The Kier molecular flexibility index (Phi) is 8.99. The summed E-state index contributed by atoms with van der Waals surface area (Å²) >= 11 is 6.67. The van der Waals surface area contributed by atoms with E-state index in [9.17, 15) is 18.4 Å². The Labute approximate surface area is 256 Å². The highest BCUT2D eigenvalue weighted by molar-refractivity contribution is 6.74. The lowest BCUT2D eigenvalue weighted by atomic mass is 9.81. The molecular weight excluding hydrogens is 591 g/mol. The molecule has 1 atom stereocenters. The average molecular weight is 626 g/mol. The molecule has 5 nitrogen and oxygen atoms in total. The number of hydrogen-bond donors (Lipinski definition) is 0. The summed E-state index contributed by atoms with van der Waals surface area (Å²) in [6.07, 6.45) is -3.13. The topological polar surface area (TPSA) is 68.0 Å². The number of hydrogen-bond acceptors (Lipinski definition) is 5. The Morgan fingerprint density at radius 1 is 1.00 bits per heavy atom. The zero-order valence-electron chi connectivity index (χ0n) is 25.4. The third kappa shape index (κ3) is 6.57. The zero-order valence-corrected chi connectivity index (χ0v) is 27.1. The van der Waals surface area contributed by atoms with Crippen molar-refractivity contribution in [2.45, 2.75) is 70.9 Å². The molecule has 0 saturated carbocycles. The largest absolute Gasteiger partial charge is 0.488 e. The first-order valence-electron chi connectivity index (χ1n) is 13.9. The van der Waals surface area contributed by atoms with Gasteiger partial charge in [0.25, 0.3) is 0 Å². The van der Waals surface area contributed by atoms with Gasteiger partial charge in [0.15, 0.2) is 14.0 Å². The predicted octanol–water partition coefficient (Wildman–Crippen LogP) is 9.55. The first-order chi connectivity index (χ1) is 20.0. The molecular formula is C33H35ClF3N3O2Si. The molecule has 2 aromatic heterocycles. The minimum absolute atomic E-state index is 0.0413. The van der Waals surface area contributed by atoms with Gasteiger partial charge in [0.05, 0.1) is 23.2 Å². The van der Waals surface area contributed by atoms with Gasteiger partial charge in [-0.2, -0.15) is 18.4 Å². The van der Waals surface area contributed by atoms with Crippen LogP contribution in [0.15, 0.2) is 60.8 Å².